The number of hydrogen-bond donors (Lipinski definition) is 1. The van der Waals surface area contributed by atoms with Crippen molar-refractivity contribution in [1.29, 1.82) is 0 Å². The number of ether oxygens (including phenoxy) is 2. The van der Waals surface area contributed by atoms with Crippen molar-refractivity contribution in [3.63, 3.8) is 0 Å². The highest BCUT2D eigenvalue weighted by Crippen LogP contribution is 1.98. The van der Waals surface area contributed by atoms with Crippen LogP contribution in [0.4, 0.5) is 0 Å². The molecule has 0 fully saturated rings. The van der Waals surface area contributed by atoms with E-state index in [0.29, 0.717) is 12.1 Å². The highest BCUT2D eigenvalue weighted by atomic mass is 16.5. The van der Waals surface area contributed by atoms with Gasteiger partial charge in [0.05, 0.1) is 13.2 Å². The Morgan fingerprint density at radius 3 is 2.21 bits per heavy atom. The van der Waals surface area contributed by atoms with Crippen LogP contribution in [0.1, 0.15) is 6.92 Å². The molecule has 0 saturated carbocycles. The molecular weight excluding hydrogens is 180 g/mol. The summed E-state index contributed by atoms with van der Waals surface area (Å²) in [5.41, 5.74) is 0. The smallest absolute Gasteiger partial charge is 0.0628 e. The molecule has 0 rings (SSSR count). The molecule has 86 valence electrons. The molecule has 0 amide bonds. The highest BCUT2D eigenvalue weighted by Gasteiger charge is 2.13. The molecule has 4 nitrogen and oxygen atoms in total. The Morgan fingerprint density at radius 1 is 1.21 bits per heavy atom. The van der Waals surface area contributed by atoms with Gasteiger partial charge in [0.2, 0.25) is 0 Å². The molecular formula is C10H24N2O2. The minimum atomic E-state index is 0.379. The molecule has 0 bridgehead atoms. The fraction of sp³-hybridized carbons (Fsp3) is 1.00. The van der Waals surface area contributed by atoms with E-state index in [1.807, 2.05) is 7.05 Å². The van der Waals surface area contributed by atoms with Crippen LogP contribution in [-0.4, -0.2) is 65.1 Å². The van der Waals surface area contributed by atoms with Crippen LogP contribution in [-0.2, 0) is 9.47 Å². The first kappa shape index (κ1) is 13.8. The molecule has 0 heterocycles. The van der Waals surface area contributed by atoms with Gasteiger partial charge in [0, 0.05) is 32.8 Å². The average Bonchev–Trinajstić information content (AvgIpc) is 2.17. The van der Waals surface area contributed by atoms with Gasteiger partial charge < -0.3 is 14.8 Å². The molecule has 2 unspecified atom stereocenters. The molecule has 1 N–H and O–H groups in total. The Hall–Kier alpha value is -0.160. The van der Waals surface area contributed by atoms with Crippen LogP contribution in [0.15, 0.2) is 0 Å². The predicted molar refractivity (Wildman–Crippen MR) is 58.7 cm³/mol. The molecule has 14 heavy (non-hydrogen) atoms. The van der Waals surface area contributed by atoms with Crippen LogP contribution in [0.3, 0.4) is 0 Å². The molecule has 0 aliphatic carbocycles. The standard InChI is InChI=1S/C10H24N2O2/c1-9(7-13-4)12(3)6-10(11-2)8-14-5/h9-11H,6-8H2,1-5H3. The van der Waals surface area contributed by atoms with Crippen LogP contribution in [0.2, 0.25) is 0 Å². The van der Waals surface area contributed by atoms with Gasteiger partial charge in [0.25, 0.3) is 0 Å². The number of nitrogens with zero attached hydrogens (tertiary/aromatic N) is 1. The van der Waals surface area contributed by atoms with Crippen LogP contribution < -0.4 is 5.32 Å². The van der Waals surface area contributed by atoms with E-state index in [-0.39, 0.29) is 0 Å². The van der Waals surface area contributed by atoms with Gasteiger partial charge in [-0.1, -0.05) is 0 Å². The molecule has 0 aliphatic rings. The van der Waals surface area contributed by atoms with Crippen molar-refractivity contribution in [2.24, 2.45) is 0 Å². The topological polar surface area (TPSA) is 33.7 Å². The first-order valence-electron chi connectivity index (χ1n) is 5.01. The molecule has 0 aromatic carbocycles. The molecule has 0 spiro atoms. The van der Waals surface area contributed by atoms with Gasteiger partial charge in [-0.15, -0.1) is 0 Å². The fourth-order valence-electron chi connectivity index (χ4n) is 1.32. The summed E-state index contributed by atoms with van der Waals surface area (Å²) in [6.45, 7) is 4.62. The summed E-state index contributed by atoms with van der Waals surface area (Å²) in [7, 11) is 7.51. The lowest BCUT2D eigenvalue weighted by Gasteiger charge is -2.28. The van der Waals surface area contributed by atoms with Crippen molar-refractivity contribution in [3.8, 4) is 0 Å². The lowest BCUT2D eigenvalue weighted by molar-refractivity contribution is 0.0940. The summed E-state index contributed by atoms with van der Waals surface area (Å²) >= 11 is 0. The molecule has 0 aromatic heterocycles. The second-order valence-corrected chi connectivity index (χ2v) is 3.68. The van der Waals surface area contributed by atoms with Gasteiger partial charge in [-0.2, -0.15) is 0 Å². The number of rotatable bonds is 8. The Balaban J connectivity index is 3.81. The zero-order chi connectivity index (χ0) is 11.0. The summed E-state index contributed by atoms with van der Waals surface area (Å²) in [5, 5.41) is 3.22. The van der Waals surface area contributed by atoms with Crippen LogP contribution in [0, 0.1) is 0 Å². The van der Waals surface area contributed by atoms with E-state index in [9.17, 15) is 0 Å². The van der Waals surface area contributed by atoms with Gasteiger partial charge in [-0.3, -0.25) is 4.90 Å². The Kier molecular flexibility index (Phi) is 8.08. The largest absolute Gasteiger partial charge is 0.383 e. The third-order valence-electron chi connectivity index (χ3n) is 2.44. The summed E-state index contributed by atoms with van der Waals surface area (Å²) < 4.78 is 10.2. The van der Waals surface area contributed by atoms with Gasteiger partial charge in [-0.25, -0.2) is 0 Å². The van der Waals surface area contributed by atoms with Crippen molar-refractivity contribution in [2.45, 2.75) is 19.0 Å². The van der Waals surface area contributed by atoms with Crippen molar-refractivity contribution < 1.29 is 9.47 Å². The quantitative estimate of drug-likeness (QED) is 0.612. The molecule has 0 saturated heterocycles. The Morgan fingerprint density at radius 2 is 1.79 bits per heavy atom. The van der Waals surface area contributed by atoms with E-state index in [1.165, 1.54) is 0 Å². The maximum absolute atomic E-state index is 5.12. The monoisotopic (exact) mass is 204 g/mol. The van der Waals surface area contributed by atoms with Crippen molar-refractivity contribution in [1.82, 2.24) is 10.2 Å². The first-order chi connectivity index (χ1) is 6.65. The summed E-state index contributed by atoms with van der Waals surface area (Å²) in [4.78, 5) is 2.27. The molecule has 4 heteroatoms. The van der Waals surface area contributed by atoms with Crippen LogP contribution in [0.5, 0.6) is 0 Å². The number of hydrogen-bond acceptors (Lipinski definition) is 4. The first-order valence-corrected chi connectivity index (χ1v) is 5.01. The second kappa shape index (κ2) is 8.17. The maximum Gasteiger partial charge on any atom is 0.0628 e. The molecule has 2 atom stereocenters. The minimum absolute atomic E-state index is 0.379. The van der Waals surface area contributed by atoms with Gasteiger partial charge in [0.15, 0.2) is 0 Å². The number of nitrogens with one attached hydrogen (secondary N) is 1. The van der Waals surface area contributed by atoms with Gasteiger partial charge >= 0.3 is 0 Å². The molecule has 0 aliphatic heterocycles. The number of methoxy groups -OCH3 is 2. The maximum atomic E-state index is 5.12. The van der Waals surface area contributed by atoms with E-state index in [2.05, 4.69) is 24.2 Å². The minimum Gasteiger partial charge on any atom is -0.383 e. The third kappa shape index (κ3) is 5.54. The highest BCUT2D eigenvalue weighted by molar-refractivity contribution is 4.71. The normalized spacial score (nSPS) is 15.9. The third-order valence-corrected chi connectivity index (χ3v) is 2.44. The molecule has 0 radical (unpaired) electrons. The SMILES string of the molecule is CNC(COC)CN(C)C(C)COC. The van der Waals surface area contributed by atoms with Gasteiger partial charge in [0.1, 0.15) is 0 Å². The van der Waals surface area contributed by atoms with E-state index in [4.69, 9.17) is 9.47 Å². The zero-order valence-electron chi connectivity index (χ0n) is 10.0. The number of likely N-dealkylation sites (N-methyl/N-ethyl adjacent to an activating group) is 2. The van der Waals surface area contributed by atoms with Crippen molar-refractivity contribution in [2.75, 3.05) is 48.1 Å². The van der Waals surface area contributed by atoms with Gasteiger partial charge in [-0.05, 0) is 21.0 Å². The van der Waals surface area contributed by atoms with Crippen LogP contribution >= 0.6 is 0 Å². The molecule has 0 aromatic rings. The van der Waals surface area contributed by atoms with Crippen LogP contribution in [0.25, 0.3) is 0 Å². The fourth-order valence-corrected chi connectivity index (χ4v) is 1.32. The predicted octanol–water partition coefficient (Wildman–Crippen LogP) is 0.188. The Labute approximate surface area is 87.6 Å². The van der Waals surface area contributed by atoms with E-state index < -0.39 is 0 Å². The zero-order valence-corrected chi connectivity index (χ0v) is 10.0. The summed E-state index contributed by atoms with van der Waals surface area (Å²) in [6, 6.07) is 0.817. The summed E-state index contributed by atoms with van der Waals surface area (Å²) in [6.07, 6.45) is 0. The summed E-state index contributed by atoms with van der Waals surface area (Å²) in [5.74, 6) is 0. The van der Waals surface area contributed by atoms with Crippen molar-refractivity contribution >= 4 is 0 Å². The van der Waals surface area contributed by atoms with Crippen molar-refractivity contribution in [3.05, 3.63) is 0 Å². The lowest BCUT2D eigenvalue weighted by atomic mass is 10.2. The van der Waals surface area contributed by atoms with E-state index in [0.717, 1.165) is 19.8 Å². The second-order valence-electron chi connectivity index (χ2n) is 3.68. The lowest BCUT2D eigenvalue weighted by Crippen LogP contribution is -2.44. The van der Waals surface area contributed by atoms with E-state index >= 15 is 0 Å². The average molecular weight is 204 g/mol. The van der Waals surface area contributed by atoms with E-state index in [1.54, 1.807) is 14.2 Å². The Bertz CT molecular complexity index is 133.